The van der Waals surface area contributed by atoms with Gasteiger partial charge in [-0.3, -0.25) is 9.59 Å². The summed E-state index contributed by atoms with van der Waals surface area (Å²) in [6.45, 7) is 2.65. The molecule has 2 aliphatic heterocycles. The molecule has 1 fully saturated rings. The zero-order chi connectivity index (χ0) is 19.7. The van der Waals surface area contributed by atoms with E-state index >= 15 is 0 Å². The van der Waals surface area contributed by atoms with Crippen molar-refractivity contribution in [1.82, 2.24) is 0 Å². The first kappa shape index (κ1) is 18.8. The van der Waals surface area contributed by atoms with Crippen LogP contribution in [0.15, 0.2) is 42.5 Å². The van der Waals surface area contributed by atoms with Gasteiger partial charge in [0.1, 0.15) is 11.9 Å². The minimum atomic E-state index is -0.595. The van der Waals surface area contributed by atoms with Crippen molar-refractivity contribution in [3.8, 4) is 5.75 Å². The van der Waals surface area contributed by atoms with Crippen molar-refractivity contribution in [2.75, 3.05) is 16.8 Å². The highest BCUT2D eigenvalue weighted by Crippen LogP contribution is 2.38. The number of hydrogen-bond acceptors (Lipinski definition) is 4. The van der Waals surface area contributed by atoms with Gasteiger partial charge in [-0.05, 0) is 49.6 Å². The second-order valence-corrected chi connectivity index (χ2v) is 7.36. The van der Waals surface area contributed by atoms with Crippen molar-refractivity contribution in [1.29, 1.82) is 0 Å². The van der Waals surface area contributed by atoms with Crippen molar-refractivity contribution >= 4 is 34.8 Å². The molecule has 0 aliphatic carbocycles. The van der Waals surface area contributed by atoms with Crippen LogP contribution < -0.4 is 15.0 Å². The molecule has 1 N–H and O–H groups in total. The number of nitrogens with one attached hydrogen (secondary N) is 1. The van der Waals surface area contributed by atoms with E-state index in [0.29, 0.717) is 41.7 Å². The van der Waals surface area contributed by atoms with E-state index in [1.807, 2.05) is 18.2 Å². The fraction of sp³-hybridized carbons (Fsp3) is 0.333. The van der Waals surface area contributed by atoms with E-state index in [0.717, 1.165) is 12.0 Å². The summed E-state index contributed by atoms with van der Waals surface area (Å²) in [5.74, 6) is 0.260. The van der Waals surface area contributed by atoms with Gasteiger partial charge < -0.3 is 19.7 Å². The van der Waals surface area contributed by atoms with Crippen LogP contribution in [0.5, 0.6) is 5.75 Å². The quantitative estimate of drug-likeness (QED) is 0.848. The molecule has 2 unspecified atom stereocenters. The number of halogens is 1. The molecule has 2 heterocycles. The lowest BCUT2D eigenvalue weighted by atomic mass is 10.1. The maximum absolute atomic E-state index is 12.8. The molecule has 6 nitrogen and oxygen atoms in total. The van der Waals surface area contributed by atoms with Gasteiger partial charge in [0.15, 0.2) is 6.10 Å². The number of ether oxygens (including phenoxy) is 2. The third kappa shape index (κ3) is 3.70. The number of benzene rings is 2. The van der Waals surface area contributed by atoms with Crippen LogP contribution in [-0.2, 0) is 20.9 Å². The second kappa shape index (κ2) is 7.81. The third-order valence-electron chi connectivity index (χ3n) is 4.94. The van der Waals surface area contributed by atoms with Crippen molar-refractivity contribution < 1.29 is 19.1 Å². The van der Waals surface area contributed by atoms with Crippen LogP contribution in [-0.4, -0.2) is 30.6 Å². The van der Waals surface area contributed by atoms with Crippen molar-refractivity contribution in [2.24, 2.45) is 0 Å². The van der Waals surface area contributed by atoms with Crippen LogP contribution in [0.25, 0.3) is 0 Å². The molecule has 2 aromatic carbocycles. The van der Waals surface area contributed by atoms with Gasteiger partial charge in [0, 0.05) is 17.3 Å². The zero-order valence-electron chi connectivity index (χ0n) is 15.5. The Morgan fingerprint density at radius 1 is 1.29 bits per heavy atom. The molecule has 0 aromatic heterocycles. The summed E-state index contributed by atoms with van der Waals surface area (Å²) in [5, 5.41) is 3.47. The highest BCUT2D eigenvalue weighted by Gasteiger charge is 2.32. The normalized spacial score (nSPS) is 21.2. The minimum absolute atomic E-state index is 0.157. The van der Waals surface area contributed by atoms with E-state index in [2.05, 4.69) is 5.32 Å². The Bertz CT molecular complexity index is 911. The van der Waals surface area contributed by atoms with Crippen LogP contribution in [0.2, 0.25) is 5.02 Å². The summed E-state index contributed by atoms with van der Waals surface area (Å²) >= 11 is 6.29. The second-order valence-electron chi connectivity index (χ2n) is 6.95. The number of rotatable bonds is 4. The smallest absolute Gasteiger partial charge is 0.268 e. The Labute approximate surface area is 168 Å². The molecule has 146 valence electrons. The topological polar surface area (TPSA) is 67.9 Å². The van der Waals surface area contributed by atoms with E-state index < -0.39 is 12.2 Å². The van der Waals surface area contributed by atoms with Crippen molar-refractivity contribution in [3.05, 3.63) is 53.1 Å². The molecule has 2 atom stereocenters. The summed E-state index contributed by atoms with van der Waals surface area (Å²) in [6, 6.07) is 12.7. The molecule has 4 rings (SSSR count). The summed E-state index contributed by atoms with van der Waals surface area (Å²) in [6.07, 6.45) is 0.582. The van der Waals surface area contributed by atoms with E-state index in [-0.39, 0.29) is 11.8 Å². The van der Waals surface area contributed by atoms with Crippen molar-refractivity contribution in [3.63, 3.8) is 0 Å². The average Bonchev–Trinajstić information content (AvgIpc) is 3.22. The summed E-state index contributed by atoms with van der Waals surface area (Å²) in [7, 11) is 0. The summed E-state index contributed by atoms with van der Waals surface area (Å²) in [4.78, 5) is 26.8. The zero-order valence-corrected chi connectivity index (χ0v) is 16.2. The number of amides is 2. The molecule has 1 saturated heterocycles. The summed E-state index contributed by atoms with van der Waals surface area (Å²) in [5.41, 5.74) is 2.04. The monoisotopic (exact) mass is 400 g/mol. The van der Waals surface area contributed by atoms with E-state index in [9.17, 15) is 9.59 Å². The van der Waals surface area contributed by atoms with Crippen LogP contribution >= 0.6 is 11.6 Å². The molecule has 0 spiro atoms. The third-order valence-corrected chi connectivity index (χ3v) is 5.31. The number of carbonyl (C=O) groups excluding carboxylic acids is 2. The number of nitrogens with zero attached hydrogens (tertiary/aromatic N) is 1. The fourth-order valence-corrected chi connectivity index (χ4v) is 3.65. The van der Waals surface area contributed by atoms with Crippen LogP contribution in [0.1, 0.15) is 25.3 Å². The first-order valence-corrected chi connectivity index (χ1v) is 9.68. The number of carbonyl (C=O) groups is 2. The lowest BCUT2D eigenvalue weighted by molar-refractivity contribution is -0.125. The van der Waals surface area contributed by atoms with Gasteiger partial charge in [-0.1, -0.05) is 29.8 Å². The Hall–Kier alpha value is -2.57. The number of hydrogen-bond donors (Lipinski definition) is 1. The highest BCUT2D eigenvalue weighted by molar-refractivity contribution is 6.31. The molecule has 0 radical (unpaired) electrons. The first-order chi connectivity index (χ1) is 13.5. The van der Waals surface area contributed by atoms with E-state index in [4.69, 9.17) is 21.1 Å². The number of anilines is 2. The Balaban J connectivity index is 1.62. The molecule has 0 saturated carbocycles. The lowest BCUT2D eigenvalue weighted by Gasteiger charge is -2.33. The van der Waals surface area contributed by atoms with Crippen LogP contribution in [0.3, 0.4) is 0 Å². The van der Waals surface area contributed by atoms with Crippen molar-refractivity contribution in [2.45, 2.75) is 38.5 Å². The predicted molar refractivity (Wildman–Crippen MR) is 107 cm³/mol. The Kier molecular flexibility index (Phi) is 5.24. The lowest BCUT2D eigenvalue weighted by Crippen LogP contribution is -2.44. The molecular formula is C21H21ClN2O4. The maximum Gasteiger partial charge on any atom is 0.268 e. The maximum atomic E-state index is 12.8. The Morgan fingerprint density at radius 3 is 2.86 bits per heavy atom. The van der Waals surface area contributed by atoms with Gasteiger partial charge >= 0.3 is 0 Å². The van der Waals surface area contributed by atoms with Gasteiger partial charge in [-0.25, -0.2) is 0 Å². The molecule has 2 aromatic rings. The van der Waals surface area contributed by atoms with Crippen LogP contribution in [0, 0.1) is 0 Å². The van der Waals surface area contributed by atoms with Gasteiger partial charge in [0.2, 0.25) is 0 Å². The molecule has 7 heteroatoms. The SMILES string of the molecule is CC1Oc2ccc(NC(=O)C3CCCO3)cc2N(Cc2ccccc2Cl)C1=O. The molecule has 2 amide bonds. The molecule has 2 aliphatic rings. The molecular weight excluding hydrogens is 380 g/mol. The molecule has 0 bridgehead atoms. The Morgan fingerprint density at radius 2 is 2.11 bits per heavy atom. The summed E-state index contributed by atoms with van der Waals surface area (Å²) < 4.78 is 11.2. The van der Waals surface area contributed by atoms with Gasteiger partial charge in [-0.15, -0.1) is 0 Å². The van der Waals surface area contributed by atoms with Gasteiger partial charge in [0.25, 0.3) is 11.8 Å². The largest absolute Gasteiger partial charge is 0.479 e. The highest BCUT2D eigenvalue weighted by atomic mass is 35.5. The fourth-order valence-electron chi connectivity index (χ4n) is 3.45. The van der Waals surface area contributed by atoms with E-state index in [1.165, 1.54) is 0 Å². The van der Waals surface area contributed by atoms with Crippen LogP contribution in [0.4, 0.5) is 11.4 Å². The average molecular weight is 401 g/mol. The first-order valence-electron chi connectivity index (χ1n) is 9.31. The van der Waals surface area contributed by atoms with Gasteiger partial charge in [-0.2, -0.15) is 0 Å². The van der Waals surface area contributed by atoms with E-state index in [1.54, 1.807) is 36.1 Å². The van der Waals surface area contributed by atoms with Gasteiger partial charge in [0.05, 0.1) is 12.2 Å². The molecule has 28 heavy (non-hydrogen) atoms. The standard InChI is InChI=1S/C21H21ClN2O4/c1-13-21(26)24(12-14-5-2-3-6-16(14)22)17-11-15(8-9-18(17)28-13)23-20(25)19-7-4-10-27-19/h2-3,5-6,8-9,11,13,19H,4,7,10,12H2,1H3,(H,23,25). The predicted octanol–water partition coefficient (Wildman–Crippen LogP) is 3.77. The number of fused-ring (bicyclic) bond motifs is 1. The minimum Gasteiger partial charge on any atom is -0.479 e.